The van der Waals surface area contributed by atoms with E-state index in [9.17, 15) is 0 Å². The summed E-state index contributed by atoms with van der Waals surface area (Å²) in [5.41, 5.74) is 5.63. The van der Waals surface area contributed by atoms with Crippen LogP contribution in [0, 0.1) is 0 Å². The summed E-state index contributed by atoms with van der Waals surface area (Å²) in [6.45, 7) is 0.418. The fraction of sp³-hybridized carbons (Fsp3) is 0.105. The molecule has 0 spiro atoms. The highest BCUT2D eigenvalue weighted by Crippen LogP contribution is 2.31. The molecule has 1 aromatic carbocycles. The highest BCUT2D eigenvalue weighted by Gasteiger charge is 2.18. The molecule has 0 fully saturated rings. The van der Waals surface area contributed by atoms with Crippen LogP contribution >= 0.6 is 15.9 Å². The number of nitrogens with zero attached hydrogens (tertiary/aromatic N) is 4. The van der Waals surface area contributed by atoms with E-state index in [4.69, 9.17) is 9.84 Å². The Morgan fingerprint density at radius 1 is 1.04 bits per heavy atom. The highest BCUT2D eigenvalue weighted by molar-refractivity contribution is 9.10. The topological polar surface area (TPSA) is 52.3 Å². The van der Waals surface area contributed by atoms with E-state index < -0.39 is 0 Å². The third-order valence-corrected chi connectivity index (χ3v) is 4.49. The Kier molecular flexibility index (Phi) is 4.29. The third kappa shape index (κ3) is 2.94. The number of halogens is 1. The van der Waals surface area contributed by atoms with Gasteiger partial charge < -0.3 is 4.74 Å². The van der Waals surface area contributed by atoms with Crippen LogP contribution in [0.25, 0.3) is 28.0 Å². The average Bonchev–Trinajstić information content (AvgIpc) is 3.01. The van der Waals surface area contributed by atoms with Crippen molar-refractivity contribution in [1.29, 1.82) is 0 Å². The van der Waals surface area contributed by atoms with E-state index in [0.29, 0.717) is 6.61 Å². The van der Waals surface area contributed by atoms with E-state index in [1.165, 1.54) is 0 Å². The maximum absolute atomic E-state index is 5.36. The third-order valence-electron chi connectivity index (χ3n) is 3.96. The second kappa shape index (κ2) is 6.74. The molecule has 0 atom stereocenters. The molecule has 0 radical (unpaired) electrons. The van der Waals surface area contributed by atoms with Crippen LogP contribution in [0.1, 0.15) is 5.69 Å². The molecule has 4 rings (SSSR count). The summed E-state index contributed by atoms with van der Waals surface area (Å²) >= 11 is 3.48. The quantitative estimate of drug-likeness (QED) is 0.515. The van der Waals surface area contributed by atoms with Gasteiger partial charge in [-0.05, 0) is 35.9 Å². The summed E-state index contributed by atoms with van der Waals surface area (Å²) in [6.07, 6.45) is 5.39. The average molecular weight is 395 g/mol. The molecule has 5 nitrogen and oxygen atoms in total. The zero-order chi connectivity index (χ0) is 17.2. The van der Waals surface area contributed by atoms with Gasteiger partial charge in [-0.1, -0.05) is 28.1 Å². The van der Waals surface area contributed by atoms with E-state index in [1.54, 1.807) is 19.5 Å². The van der Waals surface area contributed by atoms with Gasteiger partial charge in [0.2, 0.25) is 0 Å². The lowest BCUT2D eigenvalue weighted by molar-refractivity contribution is 0.181. The first-order valence-electron chi connectivity index (χ1n) is 7.80. The van der Waals surface area contributed by atoms with Crippen molar-refractivity contribution in [2.75, 3.05) is 7.11 Å². The first-order valence-corrected chi connectivity index (χ1v) is 8.59. The standard InChI is InChI=1S/C19H15BrN4O/c1-25-12-16-18(13-4-6-15(20)7-5-13)19-22-10-8-17(24(19)23-16)14-3-2-9-21-11-14/h2-11H,12H2,1H3. The Balaban J connectivity index is 1.99. The van der Waals surface area contributed by atoms with Crippen LogP contribution in [0.4, 0.5) is 0 Å². The van der Waals surface area contributed by atoms with E-state index in [1.807, 2.05) is 41.0 Å². The van der Waals surface area contributed by atoms with Crippen molar-refractivity contribution in [3.63, 3.8) is 0 Å². The summed E-state index contributed by atoms with van der Waals surface area (Å²) in [7, 11) is 1.67. The van der Waals surface area contributed by atoms with Gasteiger partial charge in [0.25, 0.3) is 0 Å². The van der Waals surface area contributed by atoms with E-state index in [2.05, 4.69) is 38.0 Å². The van der Waals surface area contributed by atoms with Gasteiger partial charge in [-0.15, -0.1) is 0 Å². The van der Waals surface area contributed by atoms with Crippen LogP contribution in [0.5, 0.6) is 0 Å². The summed E-state index contributed by atoms with van der Waals surface area (Å²) in [5.74, 6) is 0. The normalized spacial score (nSPS) is 11.1. The summed E-state index contributed by atoms with van der Waals surface area (Å²) in [6, 6.07) is 14.0. The zero-order valence-corrected chi connectivity index (χ0v) is 15.1. The summed E-state index contributed by atoms with van der Waals surface area (Å²) in [4.78, 5) is 8.79. The Hall–Kier alpha value is -2.57. The highest BCUT2D eigenvalue weighted by atomic mass is 79.9. The number of ether oxygens (including phenoxy) is 1. The second-order valence-corrected chi connectivity index (χ2v) is 6.48. The van der Waals surface area contributed by atoms with Crippen molar-refractivity contribution in [1.82, 2.24) is 19.6 Å². The van der Waals surface area contributed by atoms with Gasteiger partial charge in [0, 0.05) is 35.7 Å². The predicted octanol–water partition coefficient (Wildman–Crippen LogP) is 4.37. The van der Waals surface area contributed by atoms with Gasteiger partial charge in [0.1, 0.15) is 0 Å². The first kappa shape index (κ1) is 15.9. The molecule has 0 unspecified atom stereocenters. The molecular weight excluding hydrogens is 380 g/mol. The molecule has 6 heteroatoms. The Labute approximate surface area is 153 Å². The lowest BCUT2D eigenvalue weighted by Gasteiger charge is -2.05. The van der Waals surface area contributed by atoms with Crippen molar-refractivity contribution in [2.45, 2.75) is 6.61 Å². The fourth-order valence-electron chi connectivity index (χ4n) is 2.87. The number of methoxy groups -OCH3 is 1. The molecular formula is C19H15BrN4O. The fourth-order valence-corrected chi connectivity index (χ4v) is 3.14. The van der Waals surface area contributed by atoms with Crippen LogP contribution in [-0.2, 0) is 11.3 Å². The Morgan fingerprint density at radius 2 is 1.88 bits per heavy atom. The lowest BCUT2D eigenvalue weighted by atomic mass is 10.1. The van der Waals surface area contributed by atoms with Crippen LogP contribution in [0.3, 0.4) is 0 Å². The van der Waals surface area contributed by atoms with E-state index in [-0.39, 0.29) is 0 Å². The van der Waals surface area contributed by atoms with Crippen LogP contribution in [0.2, 0.25) is 0 Å². The van der Waals surface area contributed by atoms with Crippen molar-refractivity contribution in [2.24, 2.45) is 0 Å². The number of hydrogen-bond donors (Lipinski definition) is 0. The van der Waals surface area contributed by atoms with Crippen molar-refractivity contribution >= 4 is 21.6 Å². The SMILES string of the molecule is COCc1nn2c(-c3cccnc3)ccnc2c1-c1ccc(Br)cc1. The van der Waals surface area contributed by atoms with E-state index >= 15 is 0 Å². The second-order valence-electron chi connectivity index (χ2n) is 5.57. The molecule has 0 aliphatic rings. The zero-order valence-electron chi connectivity index (χ0n) is 13.6. The predicted molar refractivity (Wildman–Crippen MR) is 100 cm³/mol. The summed E-state index contributed by atoms with van der Waals surface area (Å²) in [5, 5.41) is 4.77. The molecule has 0 aliphatic carbocycles. The molecule has 124 valence electrons. The molecule has 3 heterocycles. The van der Waals surface area contributed by atoms with Gasteiger partial charge in [0.05, 0.1) is 23.6 Å². The van der Waals surface area contributed by atoms with Crippen molar-refractivity contribution < 1.29 is 4.74 Å². The number of pyridine rings is 1. The lowest BCUT2D eigenvalue weighted by Crippen LogP contribution is -1.96. The molecule has 0 saturated heterocycles. The number of hydrogen-bond acceptors (Lipinski definition) is 4. The molecule has 3 aromatic heterocycles. The Morgan fingerprint density at radius 3 is 2.60 bits per heavy atom. The number of fused-ring (bicyclic) bond motifs is 1. The van der Waals surface area contributed by atoms with Crippen LogP contribution in [-0.4, -0.2) is 26.7 Å². The maximum Gasteiger partial charge on any atom is 0.163 e. The number of aromatic nitrogens is 4. The molecule has 0 aliphatic heterocycles. The largest absolute Gasteiger partial charge is 0.378 e. The minimum atomic E-state index is 0.418. The molecule has 0 N–H and O–H groups in total. The van der Waals surface area contributed by atoms with E-state index in [0.717, 1.165) is 38.2 Å². The van der Waals surface area contributed by atoms with Gasteiger partial charge in [0.15, 0.2) is 5.65 Å². The minimum Gasteiger partial charge on any atom is -0.378 e. The van der Waals surface area contributed by atoms with Crippen LogP contribution < -0.4 is 0 Å². The summed E-state index contributed by atoms with van der Waals surface area (Å²) < 4.78 is 8.26. The molecule has 4 aromatic rings. The maximum atomic E-state index is 5.36. The minimum absolute atomic E-state index is 0.418. The first-order chi connectivity index (χ1) is 12.3. The molecule has 0 amide bonds. The van der Waals surface area contributed by atoms with Crippen molar-refractivity contribution in [3.8, 4) is 22.4 Å². The van der Waals surface area contributed by atoms with Gasteiger partial charge in [-0.2, -0.15) is 5.10 Å². The van der Waals surface area contributed by atoms with Crippen molar-refractivity contribution in [3.05, 3.63) is 71.2 Å². The number of benzene rings is 1. The smallest absolute Gasteiger partial charge is 0.163 e. The van der Waals surface area contributed by atoms with Gasteiger partial charge in [-0.3, -0.25) is 4.98 Å². The monoisotopic (exact) mass is 394 g/mol. The molecule has 0 saturated carbocycles. The molecule has 25 heavy (non-hydrogen) atoms. The van der Waals surface area contributed by atoms with Crippen LogP contribution in [0.15, 0.2) is 65.5 Å². The van der Waals surface area contributed by atoms with Gasteiger partial charge >= 0.3 is 0 Å². The van der Waals surface area contributed by atoms with Gasteiger partial charge in [-0.25, -0.2) is 9.50 Å². The number of rotatable bonds is 4. The molecule has 0 bridgehead atoms. The Bertz CT molecular complexity index is 1010.